The molecule has 1 aliphatic heterocycles. The summed E-state index contributed by atoms with van der Waals surface area (Å²) < 4.78 is 12.3. The topological polar surface area (TPSA) is 93.1 Å². The Bertz CT molecular complexity index is 857. The molecule has 0 bridgehead atoms. The van der Waals surface area contributed by atoms with Gasteiger partial charge in [-0.05, 0) is 63.5 Å². The fourth-order valence-electron chi connectivity index (χ4n) is 7.79. The summed E-state index contributed by atoms with van der Waals surface area (Å²) in [4.78, 5) is 24.5. The van der Waals surface area contributed by atoms with E-state index in [2.05, 4.69) is 6.92 Å². The highest BCUT2D eigenvalue weighted by Crippen LogP contribution is 2.70. The summed E-state index contributed by atoms with van der Waals surface area (Å²) in [6, 6.07) is 0. The molecule has 29 heavy (non-hydrogen) atoms. The second-order valence-corrected chi connectivity index (χ2v) is 10.6. The Labute approximate surface area is 170 Å². The number of carboxylic acid groups (broad SMARTS) is 1. The summed E-state index contributed by atoms with van der Waals surface area (Å²) in [5.74, 6) is -1.74. The normalized spacial score (nSPS) is 52.2. The van der Waals surface area contributed by atoms with Crippen molar-refractivity contribution >= 4 is 11.8 Å². The van der Waals surface area contributed by atoms with Gasteiger partial charge in [0.2, 0.25) is 0 Å². The van der Waals surface area contributed by atoms with E-state index in [9.17, 15) is 19.8 Å². The maximum Gasteiger partial charge on any atom is 0.339 e. The zero-order chi connectivity index (χ0) is 21.0. The lowest BCUT2D eigenvalue weighted by molar-refractivity contribution is -0.232. The van der Waals surface area contributed by atoms with Crippen LogP contribution in [0.3, 0.4) is 0 Å². The van der Waals surface area contributed by atoms with E-state index in [1.165, 1.54) is 0 Å². The first kappa shape index (κ1) is 19.5. The molecule has 4 fully saturated rings. The van der Waals surface area contributed by atoms with Gasteiger partial charge in [-0.15, -0.1) is 0 Å². The maximum absolute atomic E-state index is 12.6. The van der Waals surface area contributed by atoms with Crippen molar-refractivity contribution < 1.29 is 29.3 Å². The molecule has 6 nitrogen and oxygen atoms in total. The third kappa shape index (κ3) is 2.23. The Kier molecular flexibility index (Phi) is 3.75. The average Bonchev–Trinajstić information content (AvgIpc) is 3.02. The Morgan fingerprint density at radius 3 is 2.66 bits per heavy atom. The number of carbonyl (C=O) groups is 2. The zero-order valence-corrected chi connectivity index (χ0v) is 17.5. The van der Waals surface area contributed by atoms with Crippen LogP contribution in [0.15, 0.2) is 23.8 Å². The van der Waals surface area contributed by atoms with Crippen LogP contribution in [0, 0.1) is 28.6 Å². The van der Waals surface area contributed by atoms with Crippen LogP contribution in [0.4, 0.5) is 0 Å². The number of fused-ring (bicyclic) bond motifs is 7. The first-order valence-corrected chi connectivity index (χ1v) is 10.7. The number of carbonyl (C=O) groups excluding carboxylic acids is 1. The van der Waals surface area contributed by atoms with Gasteiger partial charge in [-0.25, -0.2) is 4.79 Å². The number of aliphatic hydroxyl groups is 1. The Balaban J connectivity index is 1.59. The molecule has 0 amide bonds. The van der Waals surface area contributed by atoms with Gasteiger partial charge >= 0.3 is 5.97 Å². The summed E-state index contributed by atoms with van der Waals surface area (Å²) in [6.07, 6.45) is 6.73. The van der Waals surface area contributed by atoms with Crippen molar-refractivity contribution in [3.63, 3.8) is 0 Å². The molecule has 1 heterocycles. The number of aliphatic carboxylic acids is 1. The highest BCUT2D eigenvalue weighted by molar-refractivity contribution is 6.01. The monoisotopic (exact) mass is 402 g/mol. The van der Waals surface area contributed by atoms with Gasteiger partial charge in [-0.3, -0.25) is 4.79 Å². The lowest BCUT2D eigenvalue weighted by atomic mass is 9.46. The second-order valence-electron chi connectivity index (χ2n) is 10.6. The average molecular weight is 402 g/mol. The molecule has 3 saturated carbocycles. The molecular formula is C23H30O6. The molecule has 0 aromatic heterocycles. The van der Waals surface area contributed by atoms with Crippen molar-refractivity contribution in [2.75, 3.05) is 0 Å². The first-order chi connectivity index (χ1) is 13.4. The third-order valence-electron chi connectivity index (χ3n) is 8.81. The predicted octanol–water partition coefficient (Wildman–Crippen LogP) is 2.85. The lowest BCUT2D eigenvalue weighted by Crippen LogP contribution is -2.63. The van der Waals surface area contributed by atoms with Crippen LogP contribution in [-0.2, 0) is 19.1 Å². The molecule has 1 saturated heterocycles. The molecule has 0 spiro atoms. The molecule has 0 aromatic carbocycles. The van der Waals surface area contributed by atoms with Gasteiger partial charge in [0.25, 0.3) is 0 Å². The first-order valence-electron chi connectivity index (χ1n) is 10.7. The second kappa shape index (κ2) is 5.59. The lowest BCUT2D eigenvalue weighted by Gasteiger charge is -2.59. The van der Waals surface area contributed by atoms with Crippen LogP contribution in [0.1, 0.15) is 53.4 Å². The van der Waals surface area contributed by atoms with E-state index in [1.54, 1.807) is 26.0 Å². The van der Waals surface area contributed by atoms with E-state index in [4.69, 9.17) is 9.47 Å². The van der Waals surface area contributed by atoms with Crippen LogP contribution in [-0.4, -0.2) is 45.6 Å². The van der Waals surface area contributed by atoms with Gasteiger partial charge in [0.15, 0.2) is 17.2 Å². The van der Waals surface area contributed by atoms with Gasteiger partial charge < -0.3 is 19.7 Å². The van der Waals surface area contributed by atoms with E-state index in [0.29, 0.717) is 12.8 Å². The maximum atomic E-state index is 12.6. The minimum atomic E-state index is -1.44. The molecule has 6 heteroatoms. The van der Waals surface area contributed by atoms with E-state index >= 15 is 0 Å². The number of aliphatic hydroxyl groups excluding tert-OH is 1. The standard InChI is InChI=1S/C23H30O6/c1-20(2)28-17-10-15-14-6-5-12-9-13(24)7-8-21(12,3)18(14)16(25)11-22(15,4)23(17,29-20)19(26)27/h7-9,14-18,25H,5-6,10-11H2,1-4H3,(H,26,27)/t14-,15-,16-,17-,18+,21+,22+,23+/m1/s1. The van der Waals surface area contributed by atoms with Crippen molar-refractivity contribution in [3.8, 4) is 0 Å². The Hall–Kier alpha value is -1.50. The highest BCUT2D eigenvalue weighted by atomic mass is 16.8. The Morgan fingerprint density at radius 1 is 1.24 bits per heavy atom. The largest absolute Gasteiger partial charge is 0.479 e. The molecule has 4 aliphatic carbocycles. The van der Waals surface area contributed by atoms with Gasteiger partial charge in [0, 0.05) is 16.7 Å². The van der Waals surface area contributed by atoms with Crippen molar-refractivity contribution in [2.45, 2.75) is 77.0 Å². The molecule has 0 radical (unpaired) electrons. The zero-order valence-electron chi connectivity index (χ0n) is 17.5. The van der Waals surface area contributed by atoms with Crippen LogP contribution < -0.4 is 0 Å². The van der Waals surface area contributed by atoms with Gasteiger partial charge in [0.1, 0.15) is 6.10 Å². The van der Waals surface area contributed by atoms with E-state index in [-0.39, 0.29) is 29.0 Å². The van der Waals surface area contributed by atoms with Crippen molar-refractivity contribution in [1.29, 1.82) is 0 Å². The highest BCUT2D eigenvalue weighted by Gasteiger charge is 2.77. The summed E-state index contributed by atoms with van der Waals surface area (Å²) in [6.45, 7) is 7.62. The summed E-state index contributed by atoms with van der Waals surface area (Å²) in [7, 11) is 0. The molecular weight excluding hydrogens is 372 g/mol. The predicted molar refractivity (Wildman–Crippen MR) is 104 cm³/mol. The van der Waals surface area contributed by atoms with E-state index < -0.39 is 35.0 Å². The van der Waals surface area contributed by atoms with E-state index in [1.807, 2.05) is 13.0 Å². The van der Waals surface area contributed by atoms with Crippen molar-refractivity contribution in [1.82, 2.24) is 0 Å². The number of rotatable bonds is 1. The molecule has 0 unspecified atom stereocenters. The van der Waals surface area contributed by atoms with Crippen LogP contribution >= 0.6 is 0 Å². The van der Waals surface area contributed by atoms with Crippen LogP contribution in [0.5, 0.6) is 0 Å². The molecule has 5 rings (SSSR count). The summed E-state index contributed by atoms with van der Waals surface area (Å²) in [5.41, 5.74) is -1.44. The molecule has 5 aliphatic rings. The van der Waals surface area contributed by atoms with Crippen molar-refractivity contribution in [3.05, 3.63) is 23.8 Å². The van der Waals surface area contributed by atoms with E-state index in [0.717, 1.165) is 18.4 Å². The summed E-state index contributed by atoms with van der Waals surface area (Å²) >= 11 is 0. The minimum absolute atomic E-state index is 0.00956. The number of allylic oxidation sites excluding steroid dienone is 4. The van der Waals surface area contributed by atoms with Gasteiger partial charge in [-0.1, -0.05) is 25.5 Å². The molecule has 158 valence electrons. The fraction of sp³-hybridized carbons (Fsp3) is 0.739. The summed E-state index contributed by atoms with van der Waals surface area (Å²) in [5, 5.41) is 21.7. The SMILES string of the molecule is CC1(C)O[C@@H]2C[C@@H]3[C@H]4CCC5=CC(=O)C=C[C@]5(C)[C@@H]4[C@H](O)C[C@]3(C)[C@]2(C(=O)O)O1. The molecule has 8 atom stereocenters. The van der Waals surface area contributed by atoms with Crippen molar-refractivity contribution in [2.24, 2.45) is 28.6 Å². The Morgan fingerprint density at radius 2 is 1.97 bits per heavy atom. The third-order valence-corrected chi connectivity index (χ3v) is 8.81. The minimum Gasteiger partial charge on any atom is -0.479 e. The molecule has 2 N–H and O–H groups in total. The number of hydrogen-bond acceptors (Lipinski definition) is 5. The van der Waals surface area contributed by atoms with Crippen LogP contribution in [0.2, 0.25) is 0 Å². The smallest absolute Gasteiger partial charge is 0.339 e. The molecule has 0 aromatic rings. The number of hydrogen-bond donors (Lipinski definition) is 2. The fourth-order valence-corrected chi connectivity index (χ4v) is 7.79. The number of carboxylic acids is 1. The van der Waals surface area contributed by atoms with Crippen LogP contribution in [0.25, 0.3) is 0 Å². The number of ether oxygens (including phenoxy) is 2. The van der Waals surface area contributed by atoms with Gasteiger partial charge in [0.05, 0.1) is 6.10 Å². The quantitative estimate of drug-likeness (QED) is 0.701. The number of ketones is 1. The van der Waals surface area contributed by atoms with Gasteiger partial charge in [-0.2, -0.15) is 0 Å².